The number of carbonyl (C=O) groups is 2. The molecule has 0 amide bonds. The van der Waals surface area contributed by atoms with Gasteiger partial charge in [0.2, 0.25) is 0 Å². The zero-order valence-electron chi connectivity index (χ0n) is 13.0. The Hall–Kier alpha value is -1.92. The average molecular weight is 310 g/mol. The molecule has 0 atom stereocenters. The normalized spacial score (nSPS) is 10.3. The summed E-state index contributed by atoms with van der Waals surface area (Å²) in [6.45, 7) is 1.16. The molecule has 0 fully saturated rings. The van der Waals surface area contributed by atoms with Crippen molar-refractivity contribution in [1.82, 2.24) is 0 Å². The standard InChI is InChI=1S/C16H22O6/c1-19-7-9-21-15(17)11-13-5-3-4-6-14(13)12-16(18)22-10-8-20-2/h3-6H,7-12H2,1-2H3. The maximum atomic E-state index is 11.7. The van der Waals surface area contributed by atoms with Gasteiger partial charge in [-0.05, 0) is 11.1 Å². The zero-order valence-corrected chi connectivity index (χ0v) is 13.0. The van der Waals surface area contributed by atoms with E-state index in [1.165, 1.54) is 0 Å². The van der Waals surface area contributed by atoms with Gasteiger partial charge >= 0.3 is 11.9 Å². The van der Waals surface area contributed by atoms with Crippen molar-refractivity contribution in [3.8, 4) is 0 Å². The number of hydrogen-bond acceptors (Lipinski definition) is 6. The molecule has 1 aromatic carbocycles. The second-order valence-corrected chi connectivity index (χ2v) is 4.55. The molecule has 22 heavy (non-hydrogen) atoms. The fourth-order valence-corrected chi connectivity index (χ4v) is 1.79. The summed E-state index contributed by atoms with van der Waals surface area (Å²) in [5.74, 6) is -0.700. The van der Waals surface area contributed by atoms with Gasteiger partial charge in [0.1, 0.15) is 13.2 Å². The fourth-order valence-electron chi connectivity index (χ4n) is 1.79. The van der Waals surface area contributed by atoms with E-state index in [1.807, 2.05) is 12.1 Å². The summed E-state index contributed by atoms with van der Waals surface area (Å²) in [5.41, 5.74) is 1.52. The summed E-state index contributed by atoms with van der Waals surface area (Å²) >= 11 is 0. The van der Waals surface area contributed by atoms with E-state index in [1.54, 1.807) is 26.4 Å². The number of hydrogen-bond donors (Lipinski definition) is 0. The number of methoxy groups -OCH3 is 2. The summed E-state index contributed by atoms with van der Waals surface area (Å²) in [7, 11) is 3.08. The van der Waals surface area contributed by atoms with Crippen molar-refractivity contribution in [2.24, 2.45) is 0 Å². The highest BCUT2D eigenvalue weighted by Gasteiger charge is 2.12. The molecule has 1 aromatic rings. The zero-order chi connectivity index (χ0) is 16.2. The molecule has 0 aliphatic rings. The van der Waals surface area contributed by atoms with Crippen LogP contribution in [0.15, 0.2) is 24.3 Å². The minimum absolute atomic E-state index is 0.116. The molecule has 0 unspecified atom stereocenters. The molecule has 0 aliphatic heterocycles. The first-order valence-electron chi connectivity index (χ1n) is 7.03. The highest BCUT2D eigenvalue weighted by molar-refractivity contribution is 5.76. The lowest BCUT2D eigenvalue weighted by molar-refractivity contribution is -0.145. The van der Waals surface area contributed by atoms with Gasteiger partial charge in [-0.25, -0.2) is 0 Å². The van der Waals surface area contributed by atoms with E-state index in [4.69, 9.17) is 18.9 Å². The van der Waals surface area contributed by atoms with E-state index >= 15 is 0 Å². The van der Waals surface area contributed by atoms with Crippen LogP contribution in [0.4, 0.5) is 0 Å². The van der Waals surface area contributed by atoms with Crippen LogP contribution in [-0.2, 0) is 41.4 Å². The van der Waals surface area contributed by atoms with Gasteiger partial charge in [0.25, 0.3) is 0 Å². The van der Waals surface area contributed by atoms with Gasteiger partial charge in [-0.1, -0.05) is 24.3 Å². The summed E-state index contributed by atoms with van der Waals surface area (Å²) in [6, 6.07) is 7.24. The predicted molar refractivity (Wildman–Crippen MR) is 79.5 cm³/mol. The van der Waals surface area contributed by atoms with Gasteiger partial charge in [-0.3, -0.25) is 9.59 Å². The Kier molecular flexibility index (Phi) is 8.86. The van der Waals surface area contributed by atoms with Crippen LogP contribution in [0.2, 0.25) is 0 Å². The van der Waals surface area contributed by atoms with Crippen LogP contribution in [0.25, 0.3) is 0 Å². The van der Waals surface area contributed by atoms with Gasteiger partial charge in [-0.2, -0.15) is 0 Å². The topological polar surface area (TPSA) is 71.1 Å². The summed E-state index contributed by atoms with van der Waals surface area (Å²) in [5, 5.41) is 0. The Morgan fingerprint density at radius 2 is 1.18 bits per heavy atom. The Bertz CT molecular complexity index is 428. The quantitative estimate of drug-likeness (QED) is 0.477. The van der Waals surface area contributed by atoms with Gasteiger partial charge in [0, 0.05) is 14.2 Å². The van der Waals surface area contributed by atoms with Crippen LogP contribution in [0.5, 0.6) is 0 Å². The molecule has 0 bridgehead atoms. The maximum absolute atomic E-state index is 11.7. The first-order valence-corrected chi connectivity index (χ1v) is 7.03. The fraction of sp³-hybridized carbons (Fsp3) is 0.500. The minimum Gasteiger partial charge on any atom is -0.463 e. The Balaban J connectivity index is 2.54. The molecule has 0 aliphatic carbocycles. The number of benzene rings is 1. The highest BCUT2D eigenvalue weighted by atomic mass is 16.6. The minimum atomic E-state index is -0.350. The second-order valence-electron chi connectivity index (χ2n) is 4.55. The second kappa shape index (κ2) is 10.8. The van der Waals surface area contributed by atoms with Crippen LogP contribution >= 0.6 is 0 Å². The number of rotatable bonds is 10. The van der Waals surface area contributed by atoms with E-state index in [0.29, 0.717) is 13.2 Å². The van der Waals surface area contributed by atoms with Crippen molar-refractivity contribution in [1.29, 1.82) is 0 Å². The molecule has 6 nitrogen and oxygen atoms in total. The lowest BCUT2D eigenvalue weighted by Gasteiger charge is -2.09. The first kappa shape index (κ1) is 18.1. The largest absolute Gasteiger partial charge is 0.463 e. The lowest BCUT2D eigenvalue weighted by atomic mass is 10.0. The van der Waals surface area contributed by atoms with Gasteiger partial charge < -0.3 is 18.9 Å². The van der Waals surface area contributed by atoms with E-state index in [-0.39, 0.29) is 38.0 Å². The highest BCUT2D eigenvalue weighted by Crippen LogP contribution is 2.12. The molecule has 0 saturated carbocycles. The van der Waals surface area contributed by atoms with E-state index in [9.17, 15) is 9.59 Å². The van der Waals surface area contributed by atoms with Crippen LogP contribution in [0.1, 0.15) is 11.1 Å². The number of ether oxygens (including phenoxy) is 4. The Morgan fingerprint density at radius 3 is 1.55 bits per heavy atom. The van der Waals surface area contributed by atoms with Crippen LogP contribution in [0.3, 0.4) is 0 Å². The monoisotopic (exact) mass is 310 g/mol. The van der Waals surface area contributed by atoms with E-state index in [0.717, 1.165) is 11.1 Å². The lowest BCUT2D eigenvalue weighted by Crippen LogP contribution is -2.15. The first-order chi connectivity index (χ1) is 10.7. The van der Waals surface area contributed by atoms with Crippen molar-refractivity contribution in [2.75, 3.05) is 40.6 Å². The van der Waals surface area contributed by atoms with Crippen LogP contribution in [0, 0.1) is 0 Å². The molecular formula is C16H22O6. The van der Waals surface area contributed by atoms with Gasteiger partial charge in [-0.15, -0.1) is 0 Å². The molecule has 1 rings (SSSR count). The van der Waals surface area contributed by atoms with Crippen molar-refractivity contribution < 1.29 is 28.5 Å². The van der Waals surface area contributed by atoms with Crippen molar-refractivity contribution in [2.45, 2.75) is 12.8 Å². The average Bonchev–Trinajstić information content (AvgIpc) is 2.50. The third-order valence-electron chi connectivity index (χ3n) is 2.89. The Labute approximate surface area is 130 Å². The van der Waals surface area contributed by atoms with Crippen molar-refractivity contribution >= 4 is 11.9 Å². The van der Waals surface area contributed by atoms with E-state index in [2.05, 4.69) is 0 Å². The molecule has 0 saturated heterocycles. The molecule has 0 aromatic heterocycles. The summed E-state index contributed by atoms with van der Waals surface area (Å²) < 4.78 is 19.7. The third-order valence-corrected chi connectivity index (χ3v) is 2.89. The number of carbonyl (C=O) groups excluding carboxylic acids is 2. The SMILES string of the molecule is COCCOC(=O)Cc1ccccc1CC(=O)OCCOC. The summed E-state index contributed by atoms with van der Waals surface area (Å²) in [6.07, 6.45) is 0.233. The molecule has 0 radical (unpaired) electrons. The smallest absolute Gasteiger partial charge is 0.310 e. The Morgan fingerprint density at radius 1 is 0.773 bits per heavy atom. The van der Waals surface area contributed by atoms with Crippen molar-refractivity contribution in [3.63, 3.8) is 0 Å². The number of esters is 2. The van der Waals surface area contributed by atoms with E-state index < -0.39 is 0 Å². The predicted octanol–water partition coefficient (Wildman–Crippen LogP) is 1.15. The molecule has 0 spiro atoms. The maximum Gasteiger partial charge on any atom is 0.310 e. The van der Waals surface area contributed by atoms with Gasteiger partial charge in [0.05, 0.1) is 26.1 Å². The van der Waals surface area contributed by atoms with Crippen LogP contribution in [-0.4, -0.2) is 52.6 Å². The molecule has 122 valence electrons. The molecule has 0 heterocycles. The van der Waals surface area contributed by atoms with Gasteiger partial charge in [0.15, 0.2) is 0 Å². The third kappa shape index (κ3) is 7.19. The molecular weight excluding hydrogens is 288 g/mol. The molecule has 0 N–H and O–H groups in total. The van der Waals surface area contributed by atoms with Crippen LogP contribution < -0.4 is 0 Å². The van der Waals surface area contributed by atoms with Crippen molar-refractivity contribution in [3.05, 3.63) is 35.4 Å². The molecule has 6 heteroatoms. The summed E-state index contributed by atoms with van der Waals surface area (Å²) in [4.78, 5) is 23.5.